The van der Waals surface area contributed by atoms with Gasteiger partial charge in [-0.1, -0.05) is 12.1 Å². The highest BCUT2D eigenvalue weighted by Crippen LogP contribution is 2.23. The summed E-state index contributed by atoms with van der Waals surface area (Å²) in [6.07, 6.45) is 0.526. The number of halogens is 2. The minimum absolute atomic E-state index is 0.102. The van der Waals surface area contributed by atoms with Crippen molar-refractivity contribution in [3.8, 4) is 5.75 Å². The third kappa shape index (κ3) is 3.74. The van der Waals surface area contributed by atoms with Gasteiger partial charge in [0.25, 0.3) is 5.91 Å². The molecule has 0 radical (unpaired) electrons. The van der Waals surface area contributed by atoms with Crippen molar-refractivity contribution in [3.05, 3.63) is 82.6 Å². The van der Waals surface area contributed by atoms with Crippen molar-refractivity contribution in [2.75, 3.05) is 6.54 Å². The maximum Gasteiger partial charge on any atom is 0.254 e. The fraction of sp³-hybridized carbons (Fsp3) is 0.238. The predicted octanol–water partition coefficient (Wildman–Crippen LogP) is 4.04. The van der Waals surface area contributed by atoms with Gasteiger partial charge in [-0.2, -0.15) is 0 Å². The Balaban J connectivity index is 1.44. The Labute approximate surface area is 160 Å². The van der Waals surface area contributed by atoms with Crippen molar-refractivity contribution < 1.29 is 22.7 Å². The largest absolute Gasteiger partial charge is 0.484 e. The molecule has 0 spiro atoms. The molecular formula is C21H18F2N2O3. The number of aromatic nitrogens is 1. The molecule has 1 amide bonds. The van der Waals surface area contributed by atoms with Crippen molar-refractivity contribution in [3.63, 3.8) is 0 Å². The molecule has 0 atom stereocenters. The van der Waals surface area contributed by atoms with E-state index in [1.165, 1.54) is 11.0 Å². The van der Waals surface area contributed by atoms with Gasteiger partial charge in [0.1, 0.15) is 11.5 Å². The fourth-order valence-corrected chi connectivity index (χ4v) is 3.15. The Kier molecular flexibility index (Phi) is 4.81. The van der Waals surface area contributed by atoms with Gasteiger partial charge in [-0.15, -0.1) is 0 Å². The van der Waals surface area contributed by atoms with Crippen LogP contribution in [-0.2, 0) is 19.6 Å². The van der Waals surface area contributed by atoms with Crippen LogP contribution >= 0.6 is 0 Å². The molecule has 28 heavy (non-hydrogen) atoms. The third-order valence-corrected chi connectivity index (χ3v) is 4.58. The van der Waals surface area contributed by atoms with Crippen molar-refractivity contribution >= 4 is 5.91 Å². The summed E-state index contributed by atoms with van der Waals surface area (Å²) >= 11 is 0. The van der Waals surface area contributed by atoms with Crippen molar-refractivity contribution in [2.45, 2.75) is 26.5 Å². The third-order valence-electron chi connectivity index (χ3n) is 4.58. The van der Waals surface area contributed by atoms with Gasteiger partial charge >= 0.3 is 0 Å². The SMILES string of the molecule is Cc1cccc(OCc2nc3c(o2)CN(C(=O)c2ccc(F)c(F)c2)CC3)c1. The van der Waals surface area contributed by atoms with Gasteiger partial charge in [-0.05, 0) is 42.8 Å². The first-order chi connectivity index (χ1) is 13.5. The quantitative estimate of drug-likeness (QED) is 0.681. The van der Waals surface area contributed by atoms with Gasteiger partial charge in [-0.3, -0.25) is 4.79 Å². The molecule has 4 rings (SSSR count). The van der Waals surface area contributed by atoms with E-state index in [1.54, 1.807) is 0 Å². The highest BCUT2D eigenvalue weighted by atomic mass is 19.2. The summed E-state index contributed by atoms with van der Waals surface area (Å²) in [6.45, 7) is 2.82. The Morgan fingerprint density at radius 3 is 2.86 bits per heavy atom. The Bertz CT molecular complexity index is 1030. The molecule has 0 saturated heterocycles. The molecule has 2 aromatic carbocycles. The molecule has 144 valence electrons. The van der Waals surface area contributed by atoms with E-state index < -0.39 is 11.6 Å². The van der Waals surface area contributed by atoms with Crippen molar-refractivity contribution in [1.29, 1.82) is 0 Å². The van der Waals surface area contributed by atoms with Gasteiger partial charge in [0.2, 0.25) is 5.89 Å². The summed E-state index contributed by atoms with van der Waals surface area (Å²) in [6, 6.07) is 10.8. The van der Waals surface area contributed by atoms with E-state index in [4.69, 9.17) is 9.15 Å². The zero-order valence-corrected chi connectivity index (χ0v) is 15.2. The summed E-state index contributed by atoms with van der Waals surface area (Å²) in [4.78, 5) is 18.5. The zero-order valence-electron chi connectivity index (χ0n) is 15.2. The molecule has 0 unspecified atom stereocenters. The zero-order chi connectivity index (χ0) is 19.7. The number of ether oxygens (including phenoxy) is 1. The number of hydrogen-bond acceptors (Lipinski definition) is 4. The summed E-state index contributed by atoms with van der Waals surface area (Å²) in [5.41, 5.74) is 1.98. The lowest BCUT2D eigenvalue weighted by molar-refractivity contribution is 0.0717. The molecule has 1 aromatic heterocycles. The average molecular weight is 384 g/mol. The highest BCUT2D eigenvalue weighted by Gasteiger charge is 2.26. The normalized spacial score (nSPS) is 13.3. The van der Waals surface area contributed by atoms with Gasteiger partial charge in [0, 0.05) is 18.5 Å². The number of benzene rings is 2. The van der Waals surface area contributed by atoms with E-state index in [0.717, 1.165) is 29.1 Å². The molecule has 0 N–H and O–H groups in total. The summed E-state index contributed by atoms with van der Waals surface area (Å²) in [5, 5.41) is 0. The molecule has 2 heterocycles. The van der Waals surface area contributed by atoms with E-state index in [9.17, 15) is 13.6 Å². The van der Waals surface area contributed by atoms with Crippen molar-refractivity contribution in [2.24, 2.45) is 0 Å². The molecule has 1 aliphatic heterocycles. The number of hydrogen-bond donors (Lipinski definition) is 0. The minimum atomic E-state index is -1.04. The van der Waals surface area contributed by atoms with Crippen LogP contribution in [0.1, 0.15) is 33.3 Å². The second kappa shape index (κ2) is 7.42. The first-order valence-electron chi connectivity index (χ1n) is 8.91. The second-order valence-electron chi connectivity index (χ2n) is 6.69. The number of aryl methyl sites for hydroxylation is 1. The van der Waals surface area contributed by atoms with Crippen LogP contribution in [-0.4, -0.2) is 22.3 Å². The maximum atomic E-state index is 13.4. The number of carbonyl (C=O) groups is 1. The molecule has 3 aromatic rings. The standard InChI is InChI=1S/C21H18F2N2O3/c1-13-3-2-4-15(9-13)27-12-20-24-18-7-8-25(11-19(18)28-20)21(26)14-5-6-16(22)17(23)10-14/h2-6,9-10H,7-8,11-12H2,1H3. The highest BCUT2D eigenvalue weighted by molar-refractivity contribution is 5.94. The van der Waals surface area contributed by atoms with E-state index >= 15 is 0 Å². The van der Waals surface area contributed by atoms with Gasteiger partial charge < -0.3 is 14.1 Å². The van der Waals surface area contributed by atoms with Crippen LogP contribution in [0.5, 0.6) is 5.75 Å². The molecular weight excluding hydrogens is 366 g/mol. The van der Waals surface area contributed by atoms with Gasteiger partial charge in [-0.25, -0.2) is 13.8 Å². The lowest BCUT2D eigenvalue weighted by Gasteiger charge is -2.25. The molecule has 1 aliphatic rings. The van der Waals surface area contributed by atoms with Crippen LogP contribution in [0.3, 0.4) is 0 Å². The number of fused-ring (bicyclic) bond motifs is 1. The summed E-state index contributed by atoms with van der Waals surface area (Å²) in [7, 11) is 0. The lowest BCUT2D eigenvalue weighted by atomic mass is 10.1. The molecule has 7 heteroatoms. The topological polar surface area (TPSA) is 55.6 Å². The van der Waals surface area contributed by atoms with Crippen LogP contribution in [0.15, 0.2) is 46.9 Å². The van der Waals surface area contributed by atoms with Crippen LogP contribution in [0, 0.1) is 18.6 Å². The Morgan fingerprint density at radius 1 is 1.21 bits per heavy atom. The minimum Gasteiger partial charge on any atom is -0.484 e. The predicted molar refractivity (Wildman–Crippen MR) is 96.8 cm³/mol. The van der Waals surface area contributed by atoms with E-state index in [2.05, 4.69) is 4.98 Å². The van der Waals surface area contributed by atoms with E-state index in [1.807, 2.05) is 31.2 Å². The maximum absolute atomic E-state index is 13.4. The van der Waals surface area contributed by atoms with Crippen molar-refractivity contribution in [1.82, 2.24) is 9.88 Å². The smallest absolute Gasteiger partial charge is 0.254 e. The second-order valence-corrected chi connectivity index (χ2v) is 6.69. The van der Waals surface area contributed by atoms with Crippen LogP contribution in [0.25, 0.3) is 0 Å². The first-order valence-corrected chi connectivity index (χ1v) is 8.91. The van der Waals surface area contributed by atoms with Crippen LogP contribution in [0.4, 0.5) is 8.78 Å². The van der Waals surface area contributed by atoms with Gasteiger partial charge in [0.05, 0.1) is 12.2 Å². The monoisotopic (exact) mass is 384 g/mol. The molecule has 5 nitrogen and oxygen atoms in total. The molecule has 0 fully saturated rings. The molecule has 0 saturated carbocycles. The number of carbonyl (C=O) groups excluding carboxylic acids is 1. The number of nitrogens with zero attached hydrogens (tertiary/aromatic N) is 2. The lowest BCUT2D eigenvalue weighted by Crippen LogP contribution is -2.35. The van der Waals surface area contributed by atoms with E-state index in [0.29, 0.717) is 24.6 Å². The fourth-order valence-electron chi connectivity index (χ4n) is 3.15. The van der Waals surface area contributed by atoms with E-state index in [-0.39, 0.29) is 24.6 Å². The number of rotatable bonds is 4. The van der Waals surface area contributed by atoms with Gasteiger partial charge in [0.15, 0.2) is 18.2 Å². The molecule has 0 bridgehead atoms. The first kappa shape index (κ1) is 18.2. The summed E-state index contributed by atoms with van der Waals surface area (Å²) < 4.78 is 38.0. The number of amides is 1. The van der Waals surface area contributed by atoms with Crippen LogP contribution in [0.2, 0.25) is 0 Å². The summed E-state index contributed by atoms with van der Waals surface area (Å²) in [5.74, 6) is -0.645. The van der Waals surface area contributed by atoms with Crippen LogP contribution < -0.4 is 4.74 Å². The molecule has 0 aliphatic carbocycles. The number of oxazole rings is 1. The Morgan fingerprint density at radius 2 is 2.07 bits per heavy atom. The average Bonchev–Trinajstić information content (AvgIpc) is 3.10. The Hall–Kier alpha value is -3.22.